The van der Waals surface area contributed by atoms with Crippen LogP contribution in [0.1, 0.15) is 48.9 Å². The van der Waals surface area contributed by atoms with E-state index in [1.54, 1.807) is 12.3 Å². The van der Waals surface area contributed by atoms with E-state index in [2.05, 4.69) is 32.2 Å². The van der Waals surface area contributed by atoms with Gasteiger partial charge < -0.3 is 15.1 Å². The van der Waals surface area contributed by atoms with Crippen LogP contribution in [-0.2, 0) is 0 Å². The summed E-state index contributed by atoms with van der Waals surface area (Å²) >= 11 is 0. The lowest BCUT2D eigenvalue weighted by atomic mass is 10.1. The number of nitrogens with zero attached hydrogens (tertiary/aromatic N) is 3. The van der Waals surface area contributed by atoms with E-state index in [1.807, 2.05) is 18.2 Å². The maximum absolute atomic E-state index is 12.7. The quantitative estimate of drug-likeness (QED) is 0.878. The molecule has 0 unspecified atom stereocenters. The van der Waals surface area contributed by atoms with Crippen molar-refractivity contribution < 1.29 is 4.79 Å². The number of hydrogen-bond acceptors (Lipinski definition) is 4. The summed E-state index contributed by atoms with van der Waals surface area (Å²) in [6, 6.07) is 11.9. The van der Waals surface area contributed by atoms with Gasteiger partial charge in [0.15, 0.2) is 0 Å². The molecular formula is C22H28N4O. The van der Waals surface area contributed by atoms with E-state index in [4.69, 9.17) is 0 Å². The van der Waals surface area contributed by atoms with E-state index in [1.165, 1.54) is 44.2 Å². The Morgan fingerprint density at radius 1 is 0.815 bits per heavy atom. The molecule has 0 atom stereocenters. The van der Waals surface area contributed by atoms with Gasteiger partial charge in [0.2, 0.25) is 0 Å². The lowest BCUT2D eigenvalue weighted by Crippen LogP contribution is -2.30. The first kappa shape index (κ1) is 17.8. The van der Waals surface area contributed by atoms with Gasteiger partial charge in [-0.1, -0.05) is 0 Å². The highest BCUT2D eigenvalue weighted by Gasteiger charge is 2.15. The molecule has 1 N–H and O–H groups in total. The zero-order chi connectivity index (χ0) is 18.5. The minimum absolute atomic E-state index is 0.0821. The number of carbonyl (C=O) groups is 1. The number of amides is 1. The molecule has 2 fully saturated rings. The van der Waals surface area contributed by atoms with Crippen molar-refractivity contribution in [2.24, 2.45) is 0 Å². The average molecular weight is 364 g/mol. The summed E-state index contributed by atoms with van der Waals surface area (Å²) < 4.78 is 0. The predicted molar refractivity (Wildman–Crippen MR) is 111 cm³/mol. The second-order valence-electron chi connectivity index (χ2n) is 7.50. The third kappa shape index (κ3) is 4.41. The summed E-state index contributed by atoms with van der Waals surface area (Å²) in [6.45, 7) is 4.30. The largest absolute Gasteiger partial charge is 0.372 e. The maximum Gasteiger partial charge on any atom is 0.255 e. The maximum atomic E-state index is 12.7. The van der Waals surface area contributed by atoms with Crippen molar-refractivity contribution in [1.29, 1.82) is 0 Å². The topological polar surface area (TPSA) is 48.5 Å². The fraction of sp³-hybridized carbons (Fsp3) is 0.455. The van der Waals surface area contributed by atoms with E-state index in [9.17, 15) is 4.79 Å². The first-order valence-corrected chi connectivity index (χ1v) is 10.2. The van der Waals surface area contributed by atoms with Crippen LogP contribution in [0.25, 0.3) is 0 Å². The van der Waals surface area contributed by atoms with Gasteiger partial charge in [0, 0.05) is 49.3 Å². The van der Waals surface area contributed by atoms with Gasteiger partial charge in [0.1, 0.15) is 5.82 Å². The van der Waals surface area contributed by atoms with Gasteiger partial charge in [0.25, 0.3) is 5.91 Å². The molecule has 2 aliphatic rings. The van der Waals surface area contributed by atoms with Crippen LogP contribution in [0.15, 0.2) is 42.6 Å². The number of pyridine rings is 1. The molecule has 1 aromatic heterocycles. The number of rotatable bonds is 4. The fourth-order valence-corrected chi connectivity index (χ4v) is 3.97. The van der Waals surface area contributed by atoms with Gasteiger partial charge in [-0.3, -0.25) is 4.79 Å². The third-order valence-electron chi connectivity index (χ3n) is 5.53. The smallest absolute Gasteiger partial charge is 0.255 e. The van der Waals surface area contributed by atoms with Crippen molar-refractivity contribution in [2.75, 3.05) is 41.3 Å². The normalized spacial score (nSPS) is 17.6. The second-order valence-corrected chi connectivity index (χ2v) is 7.50. The highest BCUT2D eigenvalue weighted by Crippen LogP contribution is 2.23. The van der Waals surface area contributed by atoms with Crippen molar-refractivity contribution in [3.05, 3.63) is 48.2 Å². The highest BCUT2D eigenvalue weighted by atomic mass is 16.1. The second kappa shape index (κ2) is 8.42. The molecule has 4 rings (SSSR count). The van der Waals surface area contributed by atoms with Crippen LogP contribution in [0.5, 0.6) is 0 Å². The van der Waals surface area contributed by atoms with Crippen LogP contribution < -0.4 is 15.1 Å². The Balaban J connectivity index is 1.41. The summed E-state index contributed by atoms with van der Waals surface area (Å²) in [5.41, 5.74) is 2.73. The van der Waals surface area contributed by atoms with Crippen LogP contribution in [0.3, 0.4) is 0 Å². The Morgan fingerprint density at radius 3 is 2.11 bits per heavy atom. The molecule has 5 heteroatoms. The molecule has 0 bridgehead atoms. The van der Waals surface area contributed by atoms with Gasteiger partial charge >= 0.3 is 0 Å². The molecule has 2 aliphatic heterocycles. The lowest BCUT2D eigenvalue weighted by Gasteiger charge is -2.28. The van der Waals surface area contributed by atoms with E-state index in [0.29, 0.717) is 5.56 Å². The average Bonchev–Trinajstić information content (AvgIpc) is 2.75. The van der Waals surface area contributed by atoms with Crippen molar-refractivity contribution in [2.45, 2.75) is 38.5 Å². The number of hydrogen-bond donors (Lipinski definition) is 1. The lowest BCUT2D eigenvalue weighted by molar-refractivity contribution is 0.102. The minimum atomic E-state index is -0.0821. The van der Waals surface area contributed by atoms with Crippen LogP contribution in [0.4, 0.5) is 17.2 Å². The number of benzene rings is 1. The van der Waals surface area contributed by atoms with E-state index >= 15 is 0 Å². The summed E-state index contributed by atoms with van der Waals surface area (Å²) in [5, 5.41) is 3.01. The first-order chi connectivity index (χ1) is 13.3. The Bertz CT molecular complexity index is 762. The van der Waals surface area contributed by atoms with Gasteiger partial charge in [-0.15, -0.1) is 0 Å². The van der Waals surface area contributed by atoms with Crippen molar-refractivity contribution in [3.63, 3.8) is 0 Å². The SMILES string of the molecule is O=C(Nc1ccc(N2CCCCC2)cc1)c1ccnc(N2CCCCC2)c1. The summed E-state index contributed by atoms with van der Waals surface area (Å²) in [7, 11) is 0. The number of anilines is 3. The van der Waals surface area contributed by atoms with Crippen molar-refractivity contribution >= 4 is 23.1 Å². The van der Waals surface area contributed by atoms with Crippen LogP contribution in [-0.4, -0.2) is 37.1 Å². The molecule has 1 amide bonds. The zero-order valence-electron chi connectivity index (χ0n) is 15.9. The zero-order valence-corrected chi connectivity index (χ0v) is 15.9. The third-order valence-corrected chi connectivity index (χ3v) is 5.53. The molecule has 0 saturated carbocycles. The summed E-state index contributed by atoms with van der Waals surface area (Å²) in [6.07, 6.45) is 9.26. The molecule has 2 saturated heterocycles. The summed E-state index contributed by atoms with van der Waals surface area (Å²) in [5.74, 6) is 0.823. The molecule has 5 nitrogen and oxygen atoms in total. The summed E-state index contributed by atoms with van der Waals surface area (Å²) in [4.78, 5) is 21.8. The minimum Gasteiger partial charge on any atom is -0.372 e. The Kier molecular flexibility index (Phi) is 5.56. The van der Waals surface area contributed by atoms with E-state index < -0.39 is 0 Å². The molecular weight excluding hydrogens is 336 g/mol. The molecule has 3 heterocycles. The Hall–Kier alpha value is -2.56. The Labute approximate surface area is 161 Å². The van der Waals surface area contributed by atoms with E-state index in [-0.39, 0.29) is 5.91 Å². The van der Waals surface area contributed by atoms with Gasteiger partial charge in [0.05, 0.1) is 0 Å². The molecule has 0 spiro atoms. The number of piperidine rings is 2. The number of nitrogens with one attached hydrogen (secondary N) is 1. The fourth-order valence-electron chi connectivity index (χ4n) is 3.97. The van der Waals surface area contributed by atoms with Crippen molar-refractivity contribution in [3.8, 4) is 0 Å². The molecule has 142 valence electrons. The van der Waals surface area contributed by atoms with Gasteiger partial charge in [-0.25, -0.2) is 4.98 Å². The standard InChI is InChI=1S/C22H28N4O/c27-22(18-11-12-23-21(17-18)26-15-5-2-6-16-26)24-19-7-9-20(10-8-19)25-13-3-1-4-14-25/h7-12,17H,1-6,13-16H2,(H,24,27). The Morgan fingerprint density at radius 2 is 1.44 bits per heavy atom. The monoisotopic (exact) mass is 364 g/mol. The highest BCUT2D eigenvalue weighted by molar-refractivity contribution is 6.04. The van der Waals surface area contributed by atoms with Crippen LogP contribution in [0.2, 0.25) is 0 Å². The number of aromatic nitrogens is 1. The van der Waals surface area contributed by atoms with Crippen molar-refractivity contribution in [1.82, 2.24) is 4.98 Å². The first-order valence-electron chi connectivity index (χ1n) is 10.2. The molecule has 27 heavy (non-hydrogen) atoms. The molecule has 1 aromatic carbocycles. The molecule has 2 aromatic rings. The van der Waals surface area contributed by atoms with Crippen LogP contribution in [0, 0.1) is 0 Å². The predicted octanol–water partition coefficient (Wildman–Crippen LogP) is 4.31. The molecule has 0 aliphatic carbocycles. The van der Waals surface area contributed by atoms with Gasteiger partial charge in [-0.2, -0.15) is 0 Å². The van der Waals surface area contributed by atoms with Crippen LogP contribution >= 0.6 is 0 Å². The van der Waals surface area contributed by atoms with Gasteiger partial charge in [-0.05, 0) is 74.9 Å². The number of carbonyl (C=O) groups excluding carboxylic acids is 1. The molecule has 0 radical (unpaired) electrons. The van der Waals surface area contributed by atoms with E-state index in [0.717, 1.165) is 37.7 Å².